The summed E-state index contributed by atoms with van der Waals surface area (Å²) in [6, 6.07) is 85.0. The smallest absolute Gasteiger partial charge is 0.198 e. The van der Waals surface area contributed by atoms with Crippen LogP contribution in [-0.2, 0) is 0 Å². The van der Waals surface area contributed by atoms with Crippen molar-refractivity contribution < 1.29 is 0 Å². The normalized spacial score (nSPS) is 11.7. The summed E-state index contributed by atoms with van der Waals surface area (Å²) in [6.45, 7) is 2.24. The lowest BCUT2D eigenvalue weighted by molar-refractivity contribution is 1.25. The van der Waals surface area contributed by atoms with Gasteiger partial charge in [0.25, 0.3) is 0 Å². The van der Waals surface area contributed by atoms with E-state index in [0.717, 1.165) is 56.5 Å². The number of anilines is 8. The SMILES string of the molecule is Cc1cc(-c2ccccc2)ccc1N1c2ccc(N(c3ccccc3)c3ccccc3)cc2[B]c2c1cc1ccccc1c2-c1ccccc1Nc1cccc(-c2ccccc2)c1. The molecule has 0 saturated carbocycles. The molecule has 0 bridgehead atoms. The molecule has 1 N–H and O–H groups in total. The van der Waals surface area contributed by atoms with Crippen LogP contribution in [0.1, 0.15) is 5.56 Å². The topological polar surface area (TPSA) is 18.5 Å². The summed E-state index contributed by atoms with van der Waals surface area (Å²) >= 11 is 0. The van der Waals surface area contributed by atoms with Gasteiger partial charge in [-0.3, -0.25) is 0 Å². The predicted molar refractivity (Wildman–Crippen MR) is 269 cm³/mol. The van der Waals surface area contributed by atoms with Gasteiger partial charge in [0.2, 0.25) is 0 Å². The number of rotatable bonds is 9. The van der Waals surface area contributed by atoms with Gasteiger partial charge in [0.15, 0.2) is 7.28 Å². The summed E-state index contributed by atoms with van der Waals surface area (Å²) in [5, 5.41) is 6.26. The van der Waals surface area contributed by atoms with Crippen molar-refractivity contribution in [2.24, 2.45) is 0 Å². The van der Waals surface area contributed by atoms with Crippen molar-refractivity contribution in [3.8, 4) is 33.4 Å². The minimum Gasteiger partial charge on any atom is -0.355 e. The number of hydrogen-bond donors (Lipinski definition) is 1. The monoisotopic (exact) mass is 804 g/mol. The Morgan fingerprint density at radius 3 is 1.71 bits per heavy atom. The molecule has 11 rings (SSSR count). The summed E-state index contributed by atoms with van der Waals surface area (Å²) in [4.78, 5) is 4.83. The van der Waals surface area contributed by atoms with E-state index < -0.39 is 0 Å². The van der Waals surface area contributed by atoms with Crippen LogP contribution in [0, 0.1) is 6.92 Å². The van der Waals surface area contributed by atoms with E-state index in [-0.39, 0.29) is 0 Å². The molecule has 0 atom stereocenters. The molecule has 4 heteroatoms. The zero-order valence-corrected chi connectivity index (χ0v) is 35.0. The van der Waals surface area contributed by atoms with Crippen LogP contribution in [0.3, 0.4) is 0 Å². The molecule has 1 aliphatic heterocycles. The van der Waals surface area contributed by atoms with Gasteiger partial charge in [-0.25, -0.2) is 0 Å². The maximum absolute atomic E-state index is 3.87. The highest BCUT2D eigenvalue weighted by Crippen LogP contribution is 2.45. The molecular formula is C59H43BN3. The van der Waals surface area contributed by atoms with Crippen LogP contribution in [0.15, 0.2) is 237 Å². The molecule has 0 fully saturated rings. The Bertz CT molecular complexity index is 3200. The van der Waals surface area contributed by atoms with Gasteiger partial charge in [0.1, 0.15) is 0 Å². The molecule has 10 aromatic carbocycles. The number of fused-ring (bicyclic) bond motifs is 3. The number of nitrogens with one attached hydrogen (secondary N) is 1. The minimum atomic E-state index is 1.04. The minimum absolute atomic E-state index is 1.04. The van der Waals surface area contributed by atoms with E-state index in [4.69, 9.17) is 0 Å². The van der Waals surface area contributed by atoms with Crippen LogP contribution in [0.4, 0.5) is 45.5 Å². The first kappa shape index (κ1) is 37.9. The van der Waals surface area contributed by atoms with Crippen molar-refractivity contribution >= 4 is 74.5 Å². The molecule has 0 aliphatic carbocycles. The van der Waals surface area contributed by atoms with E-state index in [1.54, 1.807) is 0 Å². The first-order valence-corrected chi connectivity index (χ1v) is 21.6. The van der Waals surface area contributed by atoms with Gasteiger partial charge in [-0.15, -0.1) is 0 Å². The molecule has 0 aromatic heterocycles. The first-order chi connectivity index (χ1) is 31.2. The van der Waals surface area contributed by atoms with Gasteiger partial charge in [0.05, 0.1) is 0 Å². The molecular weight excluding hydrogens is 761 g/mol. The zero-order valence-electron chi connectivity index (χ0n) is 35.0. The van der Waals surface area contributed by atoms with Crippen LogP contribution in [0.5, 0.6) is 0 Å². The van der Waals surface area contributed by atoms with Crippen molar-refractivity contribution in [1.29, 1.82) is 0 Å². The second-order valence-electron chi connectivity index (χ2n) is 16.1. The van der Waals surface area contributed by atoms with Gasteiger partial charge in [-0.1, -0.05) is 163 Å². The Morgan fingerprint density at radius 2 is 1.02 bits per heavy atom. The van der Waals surface area contributed by atoms with Crippen molar-refractivity contribution in [1.82, 2.24) is 0 Å². The predicted octanol–water partition coefficient (Wildman–Crippen LogP) is 14.8. The average Bonchev–Trinajstić information content (AvgIpc) is 3.34. The number of nitrogens with zero attached hydrogens (tertiary/aromatic N) is 2. The van der Waals surface area contributed by atoms with Crippen LogP contribution >= 0.6 is 0 Å². The lowest BCUT2D eigenvalue weighted by Crippen LogP contribution is -2.41. The van der Waals surface area contributed by atoms with E-state index in [0.29, 0.717) is 0 Å². The second-order valence-corrected chi connectivity index (χ2v) is 16.1. The van der Waals surface area contributed by atoms with E-state index in [2.05, 4.69) is 266 Å². The summed E-state index contributed by atoms with van der Waals surface area (Å²) in [5.74, 6) is 0. The Morgan fingerprint density at radius 1 is 0.429 bits per heavy atom. The molecule has 1 radical (unpaired) electrons. The zero-order chi connectivity index (χ0) is 42.1. The van der Waals surface area contributed by atoms with E-state index in [1.807, 2.05) is 0 Å². The van der Waals surface area contributed by atoms with Gasteiger partial charge in [0, 0.05) is 51.1 Å². The average molecular weight is 805 g/mol. The van der Waals surface area contributed by atoms with Crippen molar-refractivity contribution in [2.75, 3.05) is 15.1 Å². The molecule has 10 aromatic rings. The van der Waals surface area contributed by atoms with Gasteiger partial charge < -0.3 is 15.1 Å². The number of hydrogen-bond acceptors (Lipinski definition) is 3. The summed E-state index contributed by atoms with van der Waals surface area (Å²) in [6.07, 6.45) is 0. The van der Waals surface area contributed by atoms with E-state index in [9.17, 15) is 0 Å². The van der Waals surface area contributed by atoms with Gasteiger partial charge in [-0.05, 0) is 135 Å². The molecule has 0 saturated heterocycles. The van der Waals surface area contributed by atoms with Gasteiger partial charge in [-0.2, -0.15) is 0 Å². The highest BCUT2D eigenvalue weighted by molar-refractivity contribution is 6.74. The summed E-state index contributed by atoms with van der Waals surface area (Å²) < 4.78 is 0. The third-order valence-corrected chi connectivity index (χ3v) is 12.1. The highest BCUT2D eigenvalue weighted by atomic mass is 15.2. The molecule has 63 heavy (non-hydrogen) atoms. The maximum atomic E-state index is 3.87. The molecule has 1 heterocycles. The Labute approximate surface area is 370 Å². The van der Waals surface area contributed by atoms with Crippen LogP contribution in [0.25, 0.3) is 44.2 Å². The van der Waals surface area contributed by atoms with Crippen molar-refractivity contribution in [3.63, 3.8) is 0 Å². The molecule has 3 nitrogen and oxygen atoms in total. The largest absolute Gasteiger partial charge is 0.355 e. The maximum Gasteiger partial charge on any atom is 0.198 e. The fraction of sp³-hybridized carbons (Fsp3) is 0.0169. The lowest BCUT2D eigenvalue weighted by atomic mass is 9.57. The lowest BCUT2D eigenvalue weighted by Gasteiger charge is -2.37. The standard InChI is InChI=1S/C59H43BN3/c1-41-37-45(43-21-8-3-9-22-43)33-35-55(41)63-56-36-34-50(62(48-26-10-4-11-27-48)49-28-12-5-13-29-49)40-53(56)60-59-57(63)39-46-23-14-15-30-51(46)58(59)52-31-16-17-32-54(52)61-47-25-18-24-44(38-47)42-19-6-2-7-20-42/h2-40,61H,1H3. The Hall–Kier alpha value is -8.08. The van der Waals surface area contributed by atoms with E-state index >= 15 is 0 Å². The molecule has 0 spiro atoms. The molecule has 1 aliphatic rings. The van der Waals surface area contributed by atoms with E-state index in [1.165, 1.54) is 49.6 Å². The quantitative estimate of drug-likeness (QED) is 0.147. The van der Waals surface area contributed by atoms with Crippen LogP contribution in [0.2, 0.25) is 0 Å². The van der Waals surface area contributed by atoms with Gasteiger partial charge >= 0.3 is 0 Å². The molecule has 0 amide bonds. The number of para-hydroxylation sites is 3. The van der Waals surface area contributed by atoms with Crippen LogP contribution < -0.4 is 26.0 Å². The Balaban J connectivity index is 1.12. The van der Waals surface area contributed by atoms with Crippen LogP contribution in [-0.4, -0.2) is 7.28 Å². The number of aryl methyl sites for hydroxylation is 1. The second kappa shape index (κ2) is 16.4. The summed E-state index contributed by atoms with van der Waals surface area (Å²) in [7, 11) is 2.42. The fourth-order valence-corrected chi connectivity index (χ4v) is 9.21. The molecule has 0 unspecified atom stereocenters. The number of benzene rings is 10. The molecule has 297 valence electrons. The van der Waals surface area contributed by atoms with Crippen molar-refractivity contribution in [3.05, 3.63) is 242 Å². The summed E-state index contributed by atoms with van der Waals surface area (Å²) in [5.41, 5.74) is 19.4. The van der Waals surface area contributed by atoms with Crippen molar-refractivity contribution in [2.45, 2.75) is 6.92 Å². The Kier molecular flexibility index (Phi) is 9.87. The highest BCUT2D eigenvalue weighted by Gasteiger charge is 2.31. The first-order valence-electron chi connectivity index (χ1n) is 21.6. The third kappa shape index (κ3) is 7.22. The fourth-order valence-electron chi connectivity index (χ4n) is 9.21. The third-order valence-electron chi connectivity index (χ3n) is 12.1.